The quantitative estimate of drug-likeness (QED) is 0.727. The van der Waals surface area contributed by atoms with E-state index in [1.807, 2.05) is 48.5 Å². The monoisotopic (exact) mass is 284 g/mol. The Labute approximate surface area is 126 Å². The first-order valence-corrected chi connectivity index (χ1v) is 7.42. The predicted molar refractivity (Wildman–Crippen MR) is 86.9 cm³/mol. The van der Waals surface area contributed by atoms with E-state index in [2.05, 4.69) is 12.1 Å². The van der Waals surface area contributed by atoms with Crippen molar-refractivity contribution in [3.8, 4) is 0 Å². The van der Waals surface area contributed by atoms with Gasteiger partial charge in [0.15, 0.2) is 0 Å². The van der Waals surface area contributed by atoms with E-state index in [1.165, 1.54) is 5.56 Å². The van der Waals surface area contributed by atoms with Gasteiger partial charge in [-0.1, -0.05) is 60.7 Å². The highest BCUT2D eigenvalue weighted by molar-refractivity contribution is 5.17. The largest absolute Gasteiger partial charge is 0.391 e. The molecule has 0 fully saturated rings. The number of benzene rings is 2. The first kappa shape index (κ1) is 15.7. The van der Waals surface area contributed by atoms with Crippen LogP contribution in [0, 0.1) is 0 Å². The minimum Gasteiger partial charge on any atom is -0.391 e. The molecule has 3 nitrogen and oxygen atoms in total. The molecule has 2 aromatic rings. The second-order valence-electron chi connectivity index (χ2n) is 5.61. The maximum absolute atomic E-state index is 10.2. The molecule has 0 saturated carbocycles. The molecule has 0 saturated heterocycles. The van der Waals surface area contributed by atoms with Crippen LogP contribution in [0.5, 0.6) is 0 Å². The summed E-state index contributed by atoms with van der Waals surface area (Å²) in [6.07, 6.45) is 1.36. The summed E-state index contributed by atoms with van der Waals surface area (Å²) in [7, 11) is 0. The molecule has 0 amide bonds. The van der Waals surface area contributed by atoms with Crippen LogP contribution >= 0.6 is 0 Å². The molecule has 0 aliphatic heterocycles. The number of hydrogen-bond donors (Lipinski definition) is 3. The smallest absolute Gasteiger partial charge is 0.0709 e. The zero-order valence-corrected chi connectivity index (χ0v) is 12.2. The molecule has 0 spiro atoms. The Morgan fingerprint density at radius 2 is 1.24 bits per heavy atom. The Kier molecular flexibility index (Phi) is 5.93. The second-order valence-corrected chi connectivity index (χ2v) is 5.61. The highest BCUT2D eigenvalue weighted by Crippen LogP contribution is 2.10. The lowest BCUT2D eigenvalue weighted by Crippen LogP contribution is -2.41. The first-order valence-electron chi connectivity index (χ1n) is 7.42. The minimum absolute atomic E-state index is 0.0794. The van der Waals surface area contributed by atoms with Gasteiger partial charge in [0, 0.05) is 12.1 Å². The molecule has 2 rings (SSSR count). The van der Waals surface area contributed by atoms with Crippen molar-refractivity contribution in [1.82, 2.24) is 0 Å². The summed E-state index contributed by atoms with van der Waals surface area (Å²) in [5, 5.41) is 10.2. The van der Waals surface area contributed by atoms with E-state index in [-0.39, 0.29) is 12.1 Å². The number of aliphatic hydroxyl groups excluding tert-OH is 1. The summed E-state index contributed by atoms with van der Waals surface area (Å²) < 4.78 is 0. The third-order valence-corrected chi connectivity index (χ3v) is 3.69. The molecular weight excluding hydrogens is 260 g/mol. The van der Waals surface area contributed by atoms with Gasteiger partial charge in [-0.3, -0.25) is 0 Å². The molecular formula is C18H24N2O. The number of rotatable bonds is 7. The van der Waals surface area contributed by atoms with Gasteiger partial charge in [0.2, 0.25) is 0 Å². The van der Waals surface area contributed by atoms with E-state index < -0.39 is 6.10 Å². The van der Waals surface area contributed by atoms with Crippen LogP contribution in [0.2, 0.25) is 0 Å². The lowest BCUT2D eigenvalue weighted by atomic mass is 9.95. The standard InChI is InChI=1S/C18H24N2O/c19-16(11-14-7-3-1-4-8-14)13-18(21)17(20)12-15-9-5-2-6-10-15/h1-10,16-18,21H,11-13,19-20H2/t16-,17-,18+/m0/s1. The van der Waals surface area contributed by atoms with Gasteiger partial charge in [-0.2, -0.15) is 0 Å². The number of hydrogen-bond acceptors (Lipinski definition) is 3. The summed E-state index contributed by atoms with van der Waals surface area (Å²) in [6, 6.07) is 19.7. The first-order chi connectivity index (χ1) is 10.1. The van der Waals surface area contributed by atoms with Crippen molar-refractivity contribution in [2.45, 2.75) is 37.5 Å². The van der Waals surface area contributed by atoms with Crippen molar-refractivity contribution in [2.75, 3.05) is 0 Å². The lowest BCUT2D eigenvalue weighted by Gasteiger charge is -2.22. The predicted octanol–water partition coefficient (Wildman–Crippen LogP) is 1.88. The van der Waals surface area contributed by atoms with E-state index in [1.54, 1.807) is 0 Å². The fourth-order valence-electron chi connectivity index (χ4n) is 2.51. The second kappa shape index (κ2) is 7.93. The summed E-state index contributed by atoms with van der Waals surface area (Å²) in [5.74, 6) is 0. The summed E-state index contributed by atoms with van der Waals surface area (Å²) in [6.45, 7) is 0. The Morgan fingerprint density at radius 1 is 0.762 bits per heavy atom. The summed E-state index contributed by atoms with van der Waals surface area (Å²) in [4.78, 5) is 0. The molecule has 0 aliphatic carbocycles. The highest BCUT2D eigenvalue weighted by Gasteiger charge is 2.18. The third-order valence-electron chi connectivity index (χ3n) is 3.69. The molecule has 3 heteroatoms. The maximum atomic E-state index is 10.2. The fourth-order valence-corrected chi connectivity index (χ4v) is 2.51. The van der Waals surface area contributed by atoms with Crippen LogP contribution in [0.1, 0.15) is 17.5 Å². The van der Waals surface area contributed by atoms with Crippen LogP contribution < -0.4 is 11.5 Å². The number of aliphatic hydroxyl groups is 1. The van der Waals surface area contributed by atoms with Gasteiger partial charge in [0.25, 0.3) is 0 Å². The Morgan fingerprint density at radius 3 is 1.76 bits per heavy atom. The molecule has 21 heavy (non-hydrogen) atoms. The van der Waals surface area contributed by atoms with E-state index in [9.17, 15) is 5.11 Å². The maximum Gasteiger partial charge on any atom is 0.0709 e. The van der Waals surface area contributed by atoms with Crippen molar-refractivity contribution in [2.24, 2.45) is 11.5 Å². The average Bonchev–Trinajstić information content (AvgIpc) is 2.49. The normalized spacial score (nSPS) is 15.4. The van der Waals surface area contributed by atoms with Crippen molar-refractivity contribution in [3.05, 3.63) is 71.8 Å². The van der Waals surface area contributed by atoms with Gasteiger partial charge in [0.05, 0.1) is 6.10 Å². The van der Waals surface area contributed by atoms with Gasteiger partial charge < -0.3 is 16.6 Å². The highest BCUT2D eigenvalue weighted by atomic mass is 16.3. The van der Waals surface area contributed by atoms with Crippen LogP contribution in [0.4, 0.5) is 0 Å². The Balaban J connectivity index is 1.81. The van der Waals surface area contributed by atoms with Crippen LogP contribution in [0.3, 0.4) is 0 Å². The average molecular weight is 284 g/mol. The fraction of sp³-hybridized carbons (Fsp3) is 0.333. The summed E-state index contributed by atoms with van der Waals surface area (Å²) >= 11 is 0. The molecule has 0 aliphatic rings. The van der Waals surface area contributed by atoms with E-state index in [0.717, 1.165) is 12.0 Å². The SMILES string of the molecule is N[C@@H](Cc1ccccc1)C[C@@H](O)[C@@H](N)Cc1ccccc1. The lowest BCUT2D eigenvalue weighted by molar-refractivity contribution is 0.126. The van der Waals surface area contributed by atoms with Gasteiger partial charge in [-0.15, -0.1) is 0 Å². The van der Waals surface area contributed by atoms with E-state index >= 15 is 0 Å². The van der Waals surface area contributed by atoms with Gasteiger partial charge in [-0.05, 0) is 30.4 Å². The van der Waals surface area contributed by atoms with E-state index in [0.29, 0.717) is 12.8 Å². The van der Waals surface area contributed by atoms with Gasteiger partial charge in [0.1, 0.15) is 0 Å². The van der Waals surface area contributed by atoms with Crippen molar-refractivity contribution in [1.29, 1.82) is 0 Å². The zero-order chi connectivity index (χ0) is 15.1. The van der Waals surface area contributed by atoms with Gasteiger partial charge in [-0.25, -0.2) is 0 Å². The molecule has 0 radical (unpaired) electrons. The zero-order valence-electron chi connectivity index (χ0n) is 12.2. The topological polar surface area (TPSA) is 72.3 Å². The van der Waals surface area contributed by atoms with Crippen molar-refractivity contribution < 1.29 is 5.11 Å². The van der Waals surface area contributed by atoms with Crippen molar-refractivity contribution in [3.63, 3.8) is 0 Å². The Bertz CT molecular complexity index is 515. The molecule has 3 atom stereocenters. The summed E-state index contributed by atoms with van der Waals surface area (Å²) in [5.41, 5.74) is 14.5. The molecule has 0 bridgehead atoms. The van der Waals surface area contributed by atoms with Crippen LogP contribution in [0.25, 0.3) is 0 Å². The van der Waals surface area contributed by atoms with Crippen LogP contribution in [-0.2, 0) is 12.8 Å². The van der Waals surface area contributed by atoms with Crippen LogP contribution in [0.15, 0.2) is 60.7 Å². The number of nitrogens with two attached hydrogens (primary N) is 2. The van der Waals surface area contributed by atoms with Crippen molar-refractivity contribution >= 4 is 0 Å². The van der Waals surface area contributed by atoms with E-state index in [4.69, 9.17) is 11.5 Å². The molecule has 2 aromatic carbocycles. The third kappa shape index (κ3) is 5.31. The van der Waals surface area contributed by atoms with Crippen LogP contribution in [-0.4, -0.2) is 23.3 Å². The molecule has 0 aromatic heterocycles. The Hall–Kier alpha value is -1.68. The molecule has 0 heterocycles. The minimum atomic E-state index is -0.580. The molecule has 112 valence electrons. The molecule has 5 N–H and O–H groups in total. The van der Waals surface area contributed by atoms with Gasteiger partial charge >= 0.3 is 0 Å². The molecule has 0 unspecified atom stereocenters.